The van der Waals surface area contributed by atoms with Gasteiger partial charge in [0, 0.05) is 18.9 Å². The highest BCUT2D eigenvalue weighted by Gasteiger charge is 2.04. The van der Waals surface area contributed by atoms with E-state index in [1.54, 1.807) is 11.3 Å². The third-order valence-electron chi connectivity index (χ3n) is 2.58. The topological polar surface area (TPSA) is 4.93 Å². The molecule has 0 radical (unpaired) electrons. The molecule has 0 fully saturated rings. The van der Waals surface area contributed by atoms with E-state index < -0.39 is 0 Å². The maximum absolute atomic E-state index is 2.28. The Balaban J connectivity index is 2.69. The summed E-state index contributed by atoms with van der Waals surface area (Å²) in [4.78, 5) is 0. The van der Waals surface area contributed by atoms with Crippen LogP contribution >= 0.6 is 0 Å². The highest BCUT2D eigenvalue weighted by molar-refractivity contribution is 5.22. The van der Waals surface area contributed by atoms with Gasteiger partial charge in [0.15, 0.2) is 0 Å². The summed E-state index contributed by atoms with van der Waals surface area (Å²) in [5.41, 5.74) is 3.10. The van der Waals surface area contributed by atoms with Crippen molar-refractivity contribution in [1.82, 2.24) is 4.57 Å². The van der Waals surface area contributed by atoms with Gasteiger partial charge >= 0.3 is 0 Å². The third-order valence-corrected chi connectivity index (χ3v) is 2.58. The van der Waals surface area contributed by atoms with Crippen molar-refractivity contribution in [2.24, 2.45) is 7.05 Å². The molecule has 0 spiro atoms. The Hall–Kier alpha value is -0.720. The van der Waals surface area contributed by atoms with Gasteiger partial charge in [-0.05, 0) is 30.9 Å². The molecule has 13 heavy (non-hydrogen) atoms. The Morgan fingerprint density at radius 3 is 2.54 bits per heavy atom. The lowest BCUT2D eigenvalue weighted by atomic mass is 10.1. The smallest absolute Gasteiger partial charge is 0.0203 e. The van der Waals surface area contributed by atoms with Gasteiger partial charge in [-0.15, -0.1) is 0 Å². The Morgan fingerprint density at radius 1 is 1.15 bits per heavy atom. The number of aromatic nitrogens is 1. The van der Waals surface area contributed by atoms with Crippen molar-refractivity contribution < 1.29 is 0 Å². The second-order valence-corrected chi connectivity index (χ2v) is 3.75. The van der Waals surface area contributed by atoms with E-state index >= 15 is 0 Å². The Labute approximate surface area is 81.8 Å². The van der Waals surface area contributed by atoms with Crippen molar-refractivity contribution in [3.8, 4) is 0 Å². The van der Waals surface area contributed by atoms with Crippen molar-refractivity contribution in [2.75, 3.05) is 0 Å². The molecule has 0 aliphatic carbocycles. The molecule has 1 aromatic rings. The van der Waals surface area contributed by atoms with E-state index in [2.05, 4.69) is 37.7 Å². The minimum absolute atomic E-state index is 1.24. The van der Waals surface area contributed by atoms with Gasteiger partial charge in [-0.1, -0.05) is 26.7 Å². The number of hydrogen-bond donors (Lipinski definition) is 0. The van der Waals surface area contributed by atoms with Crippen LogP contribution in [0.3, 0.4) is 0 Å². The van der Waals surface area contributed by atoms with Crippen LogP contribution in [-0.2, 0) is 19.9 Å². The molecule has 1 nitrogen and oxygen atoms in total. The predicted molar refractivity (Wildman–Crippen MR) is 58.0 cm³/mol. The SMILES string of the molecule is CCCCc1c(CCC)ccn1C. The standard InChI is InChI=1S/C12H21N/c1-4-6-8-12-11(7-5-2)9-10-13(12)3/h9-10H,4-8H2,1-3H3. The highest BCUT2D eigenvalue weighted by Crippen LogP contribution is 2.14. The van der Waals surface area contributed by atoms with E-state index in [0.717, 1.165) is 0 Å². The Morgan fingerprint density at radius 2 is 1.92 bits per heavy atom. The number of aryl methyl sites for hydroxylation is 2. The molecule has 1 heterocycles. The fourth-order valence-electron chi connectivity index (χ4n) is 1.79. The van der Waals surface area contributed by atoms with E-state index in [0.29, 0.717) is 0 Å². The average Bonchev–Trinajstić information content (AvgIpc) is 2.45. The van der Waals surface area contributed by atoms with Gasteiger partial charge < -0.3 is 4.57 Å². The maximum atomic E-state index is 2.28. The average molecular weight is 179 g/mol. The molecule has 0 saturated heterocycles. The monoisotopic (exact) mass is 179 g/mol. The first-order chi connectivity index (χ1) is 6.29. The van der Waals surface area contributed by atoms with Crippen LogP contribution in [0.5, 0.6) is 0 Å². The molecular weight excluding hydrogens is 158 g/mol. The summed E-state index contributed by atoms with van der Waals surface area (Å²) in [5, 5.41) is 0. The largest absolute Gasteiger partial charge is 0.354 e. The number of nitrogens with zero attached hydrogens (tertiary/aromatic N) is 1. The summed E-state index contributed by atoms with van der Waals surface area (Å²) in [5.74, 6) is 0. The van der Waals surface area contributed by atoms with Crippen LogP contribution < -0.4 is 0 Å². The molecule has 0 N–H and O–H groups in total. The van der Waals surface area contributed by atoms with Crippen molar-refractivity contribution in [2.45, 2.75) is 46.0 Å². The zero-order valence-electron chi connectivity index (χ0n) is 9.14. The first kappa shape index (κ1) is 10.4. The lowest BCUT2D eigenvalue weighted by Crippen LogP contribution is -1.98. The van der Waals surface area contributed by atoms with Crippen LogP contribution in [0.15, 0.2) is 12.3 Å². The van der Waals surface area contributed by atoms with Crippen molar-refractivity contribution in [1.29, 1.82) is 0 Å². The molecule has 0 unspecified atom stereocenters. The van der Waals surface area contributed by atoms with E-state index in [4.69, 9.17) is 0 Å². The van der Waals surface area contributed by atoms with Gasteiger partial charge in [0.25, 0.3) is 0 Å². The van der Waals surface area contributed by atoms with E-state index in [9.17, 15) is 0 Å². The molecule has 0 bridgehead atoms. The minimum atomic E-state index is 1.24. The zero-order valence-corrected chi connectivity index (χ0v) is 9.14. The van der Waals surface area contributed by atoms with Gasteiger partial charge in [0.05, 0.1) is 0 Å². The molecule has 0 aliphatic heterocycles. The van der Waals surface area contributed by atoms with Gasteiger partial charge in [-0.25, -0.2) is 0 Å². The fourth-order valence-corrected chi connectivity index (χ4v) is 1.79. The molecule has 0 amide bonds. The molecule has 0 aromatic carbocycles. The zero-order chi connectivity index (χ0) is 9.68. The summed E-state index contributed by atoms with van der Waals surface area (Å²) in [6.45, 7) is 4.50. The van der Waals surface area contributed by atoms with Crippen molar-refractivity contribution >= 4 is 0 Å². The van der Waals surface area contributed by atoms with Crippen LogP contribution in [0, 0.1) is 0 Å². The fraction of sp³-hybridized carbons (Fsp3) is 0.667. The summed E-state index contributed by atoms with van der Waals surface area (Å²) in [6, 6.07) is 2.27. The van der Waals surface area contributed by atoms with Crippen LogP contribution in [-0.4, -0.2) is 4.57 Å². The Bertz CT molecular complexity index is 248. The van der Waals surface area contributed by atoms with E-state index in [-0.39, 0.29) is 0 Å². The van der Waals surface area contributed by atoms with Crippen LogP contribution in [0.2, 0.25) is 0 Å². The third kappa shape index (κ3) is 2.61. The minimum Gasteiger partial charge on any atom is -0.354 e. The molecule has 0 aliphatic rings. The van der Waals surface area contributed by atoms with Gasteiger partial charge in [0.2, 0.25) is 0 Å². The maximum Gasteiger partial charge on any atom is 0.0203 e. The Kier molecular flexibility index (Phi) is 4.07. The molecule has 0 atom stereocenters. The summed E-state index contributed by atoms with van der Waals surface area (Å²) in [7, 11) is 2.16. The lowest BCUT2D eigenvalue weighted by molar-refractivity contribution is 0.720. The molecule has 1 aromatic heterocycles. The molecule has 0 saturated carbocycles. The van der Waals surface area contributed by atoms with Crippen LogP contribution in [0.25, 0.3) is 0 Å². The summed E-state index contributed by atoms with van der Waals surface area (Å²) in [6.07, 6.45) is 8.53. The first-order valence-corrected chi connectivity index (χ1v) is 5.42. The van der Waals surface area contributed by atoms with Gasteiger partial charge in [-0.2, -0.15) is 0 Å². The van der Waals surface area contributed by atoms with Crippen LogP contribution in [0.1, 0.15) is 44.4 Å². The molecule has 74 valence electrons. The number of rotatable bonds is 5. The normalized spacial score (nSPS) is 10.7. The second-order valence-electron chi connectivity index (χ2n) is 3.75. The number of hydrogen-bond acceptors (Lipinski definition) is 0. The van der Waals surface area contributed by atoms with Crippen molar-refractivity contribution in [3.05, 3.63) is 23.5 Å². The molecule has 1 rings (SSSR count). The second kappa shape index (κ2) is 5.11. The van der Waals surface area contributed by atoms with Gasteiger partial charge in [0.1, 0.15) is 0 Å². The summed E-state index contributed by atoms with van der Waals surface area (Å²) < 4.78 is 2.28. The highest BCUT2D eigenvalue weighted by atomic mass is 14.9. The number of unbranched alkanes of at least 4 members (excludes halogenated alkanes) is 1. The summed E-state index contributed by atoms with van der Waals surface area (Å²) >= 11 is 0. The van der Waals surface area contributed by atoms with Gasteiger partial charge in [-0.3, -0.25) is 0 Å². The quantitative estimate of drug-likeness (QED) is 0.653. The van der Waals surface area contributed by atoms with E-state index in [1.807, 2.05) is 0 Å². The molecule has 1 heteroatoms. The molecular formula is C12H21N. The first-order valence-electron chi connectivity index (χ1n) is 5.42. The van der Waals surface area contributed by atoms with Crippen LogP contribution in [0.4, 0.5) is 0 Å². The lowest BCUT2D eigenvalue weighted by Gasteiger charge is -2.05. The predicted octanol–water partition coefficient (Wildman–Crippen LogP) is 3.32. The van der Waals surface area contributed by atoms with E-state index in [1.165, 1.54) is 32.1 Å². The van der Waals surface area contributed by atoms with Crippen molar-refractivity contribution in [3.63, 3.8) is 0 Å².